The van der Waals surface area contributed by atoms with Gasteiger partial charge in [0.05, 0.1) is 10.7 Å². The molecule has 0 bridgehead atoms. The fourth-order valence-corrected chi connectivity index (χ4v) is 3.20. The molecule has 1 saturated carbocycles. The molecule has 1 aromatic rings. The Morgan fingerprint density at radius 2 is 2.05 bits per heavy atom. The summed E-state index contributed by atoms with van der Waals surface area (Å²) in [5.74, 6) is 0.584. The van der Waals surface area contributed by atoms with Crippen molar-refractivity contribution in [3.8, 4) is 0 Å². The zero-order valence-electron chi connectivity index (χ0n) is 11.8. The van der Waals surface area contributed by atoms with Gasteiger partial charge in [-0.15, -0.1) is 0 Å². The number of nitrogens with two attached hydrogens (primary N) is 1. The summed E-state index contributed by atoms with van der Waals surface area (Å²) in [4.78, 5) is 2.02. The highest BCUT2D eigenvalue weighted by atomic mass is 35.5. The summed E-state index contributed by atoms with van der Waals surface area (Å²) in [6.45, 7) is 0.765. The molecule has 3 N–H and O–H groups in total. The molecule has 0 heterocycles. The topological polar surface area (TPSA) is 41.3 Å². The van der Waals surface area contributed by atoms with Crippen LogP contribution in [0.15, 0.2) is 18.2 Å². The van der Waals surface area contributed by atoms with E-state index in [4.69, 9.17) is 17.3 Å². The number of nitrogens with one attached hydrogen (secondary N) is 1. The molecule has 106 valence electrons. The van der Waals surface area contributed by atoms with Crippen molar-refractivity contribution >= 4 is 23.0 Å². The van der Waals surface area contributed by atoms with Gasteiger partial charge in [0, 0.05) is 25.8 Å². The van der Waals surface area contributed by atoms with Gasteiger partial charge < -0.3 is 16.0 Å². The smallest absolute Gasteiger partial charge is 0.0659 e. The van der Waals surface area contributed by atoms with E-state index in [1.54, 1.807) is 0 Å². The lowest BCUT2D eigenvalue weighted by atomic mass is 9.84. The second-order valence-corrected chi connectivity index (χ2v) is 6.00. The van der Waals surface area contributed by atoms with Crippen LogP contribution in [0.4, 0.5) is 11.4 Å². The molecule has 0 spiro atoms. The predicted octanol–water partition coefficient (Wildman–Crippen LogP) is 3.34. The lowest BCUT2D eigenvalue weighted by Crippen LogP contribution is -2.36. The third-order valence-corrected chi connectivity index (χ3v) is 4.30. The van der Waals surface area contributed by atoms with Gasteiger partial charge in [-0.05, 0) is 43.5 Å². The highest BCUT2D eigenvalue weighted by molar-refractivity contribution is 6.33. The van der Waals surface area contributed by atoms with E-state index in [0.29, 0.717) is 12.0 Å². The van der Waals surface area contributed by atoms with Gasteiger partial charge in [0.1, 0.15) is 0 Å². The number of anilines is 2. The monoisotopic (exact) mass is 281 g/mol. The minimum atomic E-state index is 0.486. The average Bonchev–Trinajstić information content (AvgIpc) is 2.39. The molecule has 0 aliphatic heterocycles. The molecule has 0 saturated heterocycles. The lowest BCUT2D eigenvalue weighted by Gasteiger charge is -2.32. The first-order valence-electron chi connectivity index (χ1n) is 7.05. The molecule has 3 nitrogen and oxygen atoms in total. The van der Waals surface area contributed by atoms with Crippen LogP contribution in [0.25, 0.3) is 0 Å². The molecule has 1 fully saturated rings. The van der Waals surface area contributed by atoms with Crippen LogP contribution in [0, 0.1) is 5.92 Å². The highest BCUT2D eigenvalue weighted by Crippen LogP contribution is 2.30. The van der Waals surface area contributed by atoms with Crippen LogP contribution in [-0.2, 0) is 0 Å². The summed E-state index contributed by atoms with van der Waals surface area (Å²) in [6.07, 6.45) is 5.03. The first kappa shape index (κ1) is 14.5. The van der Waals surface area contributed by atoms with Crippen molar-refractivity contribution in [2.24, 2.45) is 11.7 Å². The normalized spacial score (nSPS) is 23.2. The van der Waals surface area contributed by atoms with E-state index in [1.807, 2.05) is 25.1 Å². The molecule has 1 aromatic carbocycles. The average molecular weight is 282 g/mol. The Bertz CT molecular complexity index is 420. The quantitative estimate of drug-likeness (QED) is 0.889. The first-order chi connectivity index (χ1) is 9.11. The van der Waals surface area contributed by atoms with Crippen LogP contribution in [0.1, 0.15) is 25.7 Å². The van der Waals surface area contributed by atoms with Crippen molar-refractivity contribution in [2.45, 2.75) is 31.7 Å². The van der Waals surface area contributed by atoms with Crippen LogP contribution in [0.3, 0.4) is 0 Å². The highest BCUT2D eigenvalue weighted by Gasteiger charge is 2.23. The van der Waals surface area contributed by atoms with E-state index in [0.717, 1.165) is 22.9 Å². The van der Waals surface area contributed by atoms with Gasteiger partial charge >= 0.3 is 0 Å². The minimum absolute atomic E-state index is 0.486. The van der Waals surface area contributed by atoms with E-state index in [1.165, 1.54) is 25.7 Å². The van der Waals surface area contributed by atoms with Gasteiger partial charge in [-0.25, -0.2) is 0 Å². The maximum atomic E-state index is 6.31. The molecule has 2 rings (SSSR count). The van der Waals surface area contributed by atoms with Gasteiger partial charge in [0.2, 0.25) is 0 Å². The number of halogens is 1. The fraction of sp³-hybridized carbons (Fsp3) is 0.600. The summed E-state index contributed by atoms with van der Waals surface area (Å²) >= 11 is 6.31. The number of rotatable bonds is 4. The molecule has 19 heavy (non-hydrogen) atoms. The summed E-state index contributed by atoms with van der Waals surface area (Å²) in [6, 6.07) is 6.66. The van der Waals surface area contributed by atoms with E-state index in [9.17, 15) is 0 Å². The van der Waals surface area contributed by atoms with Crippen molar-refractivity contribution in [2.75, 3.05) is 30.9 Å². The second kappa shape index (κ2) is 6.49. The van der Waals surface area contributed by atoms with Crippen LogP contribution >= 0.6 is 11.6 Å². The molecular formula is C15H24ClN3. The largest absolute Gasteiger partial charge is 0.382 e. The molecule has 2 unspecified atom stereocenters. The molecule has 0 radical (unpaired) electrons. The zero-order chi connectivity index (χ0) is 13.8. The van der Waals surface area contributed by atoms with E-state index < -0.39 is 0 Å². The Morgan fingerprint density at radius 3 is 2.68 bits per heavy atom. The molecule has 4 heteroatoms. The molecular weight excluding hydrogens is 258 g/mol. The molecule has 1 aliphatic rings. The van der Waals surface area contributed by atoms with Crippen molar-refractivity contribution in [3.63, 3.8) is 0 Å². The molecule has 2 atom stereocenters. The Kier molecular flexibility index (Phi) is 4.94. The van der Waals surface area contributed by atoms with Gasteiger partial charge in [0.15, 0.2) is 0 Å². The van der Waals surface area contributed by atoms with E-state index in [2.05, 4.69) is 17.4 Å². The van der Waals surface area contributed by atoms with Crippen LogP contribution in [-0.4, -0.2) is 26.7 Å². The van der Waals surface area contributed by atoms with Crippen molar-refractivity contribution in [1.29, 1.82) is 0 Å². The van der Waals surface area contributed by atoms with Gasteiger partial charge in [0.25, 0.3) is 0 Å². The van der Waals surface area contributed by atoms with Gasteiger partial charge in [-0.3, -0.25) is 0 Å². The lowest BCUT2D eigenvalue weighted by molar-refractivity contribution is 0.332. The third-order valence-electron chi connectivity index (χ3n) is 3.99. The zero-order valence-corrected chi connectivity index (χ0v) is 12.6. The number of benzene rings is 1. The SMILES string of the molecule is CN(C)c1ccc(NC2CCCCC2CN)cc1Cl. The van der Waals surface area contributed by atoms with Crippen LogP contribution in [0.5, 0.6) is 0 Å². The number of hydrogen-bond acceptors (Lipinski definition) is 3. The maximum Gasteiger partial charge on any atom is 0.0659 e. The summed E-state index contributed by atoms with van der Waals surface area (Å²) in [7, 11) is 4.00. The summed E-state index contributed by atoms with van der Waals surface area (Å²) < 4.78 is 0. The standard InChI is InChI=1S/C15H24ClN3/c1-19(2)15-8-7-12(9-13(15)16)18-14-6-4-3-5-11(14)10-17/h7-9,11,14,18H,3-6,10,17H2,1-2H3. The van der Waals surface area contributed by atoms with Crippen LogP contribution < -0.4 is 16.0 Å². The summed E-state index contributed by atoms with van der Waals surface area (Å²) in [5, 5.41) is 4.39. The Balaban J connectivity index is 2.08. The van der Waals surface area contributed by atoms with Gasteiger partial charge in [-0.1, -0.05) is 24.4 Å². The molecule has 1 aliphatic carbocycles. The first-order valence-corrected chi connectivity index (χ1v) is 7.43. The van der Waals surface area contributed by atoms with Crippen LogP contribution in [0.2, 0.25) is 5.02 Å². The number of nitrogens with zero attached hydrogens (tertiary/aromatic N) is 1. The Morgan fingerprint density at radius 1 is 1.32 bits per heavy atom. The summed E-state index contributed by atoms with van der Waals surface area (Å²) in [5.41, 5.74) is 8.01. The fourth-order valence-electron chi connectivity index (χ4n) is 2.85. The second-order valence-electron chi connectivity index (χ2n) is 5.59. The number of hydrogen-bond donors (Lipinski definition) is 2. The molecule has 0 amide bonds. The minimum Gasteiger partial charge on any atom is -0.382 e. The van der Waals surface area contributed by atoms with E-state index >= 15 is 0 Å². The Hall–Kier alpha value is -0.930. The maximum absolute atomic E-state index is 6.31. The van der Waals surface area contributed by atoms with Crippen molar-refractivity contribution < 1.29 is 0 Å². The van der Waals surface area contributed by atoms with Crippen molar-refractivity contribution in [1.82, 2.24) is 0 Å². The van der Waals surface area contributed by atoms with E-state index in [-0.39, 0.29) is 0 Å². The van der Waals surface area contributed by atoms with Gasteiger partial charge in [-0.2, -0.15) is 0 Å². The van der Waals surface area contributed by atoms with Crippen molar-refractivity contribution in [3.05, 3.63) is 23.2 Å². The molecule has 0 aromatic heterocycles. The predicted molar refractivity (Wildman–Crippen MR) is 84.2 cm³/mol. The third kappa shape index (κ3) is 3.54. The Labute approximate surface area is 121 Å².